The number of aromatic nitrogens is 3. The van der Waals surface area contributed by atoms with Crippen molar-refractivity contribution in [3.8, 4) is 5.75 Å². The molecule has 2 aromatic rings. The number of hydrogen-bond acceptors (Lipinski definition) is 4. The number of carbonyl (C=O) groups excluding carboxylic acids is 1. The van der Waals surface area contributed by atoms with Crippen molar-refractivity contribution in [3.05, 3.63) is 46.0 Å². The molecule has 24 heavy (non-hydrogen) atoms. The Balaban J connectivity index is 1.48. The van der Waals surface area contributed by atoms with Crippen molar-refractivity contribution in [1.82, 2.24) is 20.1 Å². The molecule has 0 fully saturated rings. The summed E-state index contributed by atoms with van der Waals surface area (Å²) in [6, 6.07) is 5.47. The number of hydrogen-bond donors (Lipinski definition) is 1. The first-order chi connectivity index (χ1) is 11.6. The first-order valence-corrected chi connectivity index (χ1v) is 8.30. The molecule has 0 saturated carbocycles. The maximum atomic E-state index is 12.6. The molecule has 3 heterocycles. The molecule has 1 atom stereocenters. The lowest BCUT2D eigenvalue weighted by molar-refractivity contribution is -0.118. The summed E-state index contributed by atoms with van der Waals surface area (Å²) >= 11 is 6.01. The number of amides is 1. The Morgan fingerprint density at radius 2 is 2.29 bits per heavy atom. The van der Waals surface area contributed by atoms with Crippen molar-refractivity contribution in [2.24, 2.45) is 0 Å². The van der Waals surface area contributed by atoms with Gasteiger partial charge in [-0.3, -0.25) is 4.79 Å². The average Bonchev–Trinajstić information content (AvgIpc) is 2.95. The number of benzene rings is 1. The predicted octanol–water partition coefficient (Wildman–Crippen LogP) is 2.15. The van der Waals surface area contributed by atoms with E-state index in [1.165, 1.54) is 0 Å². The highest BCUT2D eigenvalue weighted by atomic mass is 35.5. The van der Waals surface area contributed by atoms with Crippen LogP contribution in [0.3, 0.4) is 0 Å². The van der Waals surface area contributed by atoms with E-state index in [9.17, 15) is 4.79 Å². The SMILES string of the molecule is Cc1nnc2n1CC(NC(=O)C1=Cc3cc(Cl)ccc3OC1)CC2. The van der Waals surface area contributed by atoms with Crippen LogP contribution in [0.4, 0.5) is 0 Å². The second kappa shape index (κ2) is 5.94. The van der Waals surface area contributed by atoms with E-state index in [-0.39, 0.29) is 18.6 Å². The first kappa shape index (κ1) is 15.2. The van der Waals surface area contributed by atoms with Crippen LogP contribution in [0.1, 0.15) is 23.6 Å². The third-order valence-corrected chi connectivity index (χ3v) is 4.68. The van der Waals surface area contributed by atoms with Gasteiger partial charge in [0.15, 0.2) is 0 Å². The number of ether oxygens (including phenoxy) is 1. The Kier molecular flexibility index (Phi) is 3.76. The van der Waals surface area contributed by atoms with Crippen LogP contribution in [-0.2, 0) is 17.8 Å². The van der Waals surface area contributed by atoms with Crippen molar-refractivity contribution in [1.29, 1.82) is 0 Å². The molecule has 2 aliphatic rings. The zero-order valence-electron chi connectivity index (χ0n) is 13.3. The van der Waals surface area contributed by atoms with Gasteiger partial charge in [0.25, 0.3) is 5.91 Å². The molecule has 1 aromatic carbocycles. The molecule has 1 unspecified atom stereocenters. The maximum Gasteiger partial charge on any atom is 0.250 e. The number of carbonyl (C=O) groups is 1. The van der Waals surface area contributed by atoms with Crippen LogP contribution in [0.15, 0.2) is 23.8 Å². The summed E-state index contributed by atoms with van der Waals surface area (Å²) in [5, 5.41) is 12.0. The van der Waals surface area contributed by atoms with Gasteiger partial charge >= 0.3 is 0 Å². The number of rotatable bonds is 2. The monoisotopic (exact) mass is 344 g/mol. The summed E-state index contributed by atoms with van der Waals surface area (Å²) in [5.41, 5.74) is 1.44. The molecule has 1 N–H and O–H groups in total. The van der Waals surface area contributed by atoms with Crippen LogP contribution < -0.4 is 10.1 Å². The van der Waals surface area contributed by atoms with E-state index >= 15 is 0 Å². The fraction of sp³-hybridized carbons (Fsp3) is 0.353. The van der Waals surface area contributed by atoms with Crippen LogP contribution in [-0.4, -0.2) is 33.3 Å². The molecule has 4 rings (SSSR count). The van der Waals surface area contributed by atoms with Gasteiger partial charge in [0.2, 0.25) is 0 Å². The highest BCUT2D eigenvalue weighted by Crippen LogP contribution is 2.29. The standard InChI is InChI=1S/C17H17ClN4O2/c1-10-20-21-16-5-3-14(8-22(10)16)19-17(23)12-6-11-7-13(18)2-4-15(11)24-9-12/h2,4,6-7,14H,3,5,8-9H2,1H3,(H,19,23). The molecule has 0 spiro atoms. The van der Waals surface area contributed by atoms with E-state index in [1.54, 1.807) is 12.1 Å². The molecule has 1 aromatic heterocycles. The lowest BCUT2D eigenvalue weighted by Crippen LogP contribution is -2.42. The van der Waals surface area contributed by atoms with Gasteiger partial charge in [-0.1, -0.05) is 11.6 Å². The van der Waals surface area contributed by atoms with E-state index in [2.05, 4.69) is 20.1 Å². The van der Waals surface area contributed by atoms with Gasteiger partial charge in [-0.2, -0.15) is 0 Å². The second-order valence-corrected chi connectivity index (χ2v) is 6.56. The lowest BCUT2D eigenvalue weighted by atomic mass is 10.0. The van der Waals surface area contributed by atoms with Crippen LogP contribution in [0.25, 0.3) is 6.08 Å². The minimum atomic E-state index is -0.0974. The van der Waals surface area contributed by atoms with Gasteiger partial charge < -0.3 is 14.6 Å². The van der Waals surface area contributed by atoms with Crippen LogP contribution in [0.2, 0.25) is 5.02 Å². The smallest absolute Gasteiger partial charge is 0.250 e. The molecule has 0 radical (unpaired) electrons. The van der Waals surface area contributed by atoms with E-state index in [0.29, 0.717) is 17.1 Å². The van der Waals surface area contributed by atoms with E-state index in [4.69, 9.17) is 16.3 Å². The first-order valence-electron chi connectivity index (χ1n) is 7.92. The third-order valence-electron chi connectivity index (χ3n) is 4.44. The largest absolute Gasteiger partial charge is 0.488 e. The molecular formula is C17H17ClN4O2. The molecule has 2 aliphatic heterocycles. The highest BCUT2D eigenvalue weighted by Gasteiger charge is 2.25. The van der Waals surface area contributed by atoms with Crippen molar-refractivity contribution < 1.29 is 9.53 Å². The fourth-order valence-corrected chi connectivity index (χ4v) is 3.32. The summed E-state index contributed by atoms with van der Waals surface area (Å²) in [7, 11) is 0. The third kappa shape index (κ3) is 2.78. The van der Waals surface area contributed by atoms with Gasteiger partial charge in [-0.25, -0.2) is 0 Å². The summed E-state index contributed by atoms with van der Waals surface area (Å²) in [6.45, 7) is 2.90. The normalized spacial score (nSPS) is 18.9. The topological polar surface area (TPSA) is 69.0 Å². The van der Waals surface area contributed by atoms with Gasteiger partial charge in [-0.15, -0.1) is 10.2 Å². The predicted molar refractivity (Wildman–Crippen MR) is 89.9 cm³/mol. The maximum absolute atomic E-state index is 12.6. The summed E-state index contributed by atoms with van der Waals surface area (Å²) in [5.74, 6) is 2.52. The van der Waals surface area contributed by atoms with Gasteiger partial charge in [0.05, 0.1) is 5.57 Å². The number of halogens is 1. The Hall–Kier alpha value is -2.34. The number of aryl methyl sites for hydroxylation is 2. The summed E-state index contributed by atoms with van der Waals surface area (Å²) in [6.07, 6.45) is 3.53. The zero-order chi connectivity index (χ0) is 16.7. The van der Waals surface area contributed by atoms with Gasteiger partial charge in [0.1, 0.15) is 24.0 Å². The van der Waals surface area contributed by atoms with E-state index < -0.39 is 0 Å². The van der Waals surface area contributed by atoms with Crippen LogP contribution >= 0.6 is 11.6 Å². The highest BCUT2D eigenvalue weighted by molar-refractivity contribution is 6.30. The number of fused-ring (bicyclic) bond motifs is 2. The Morgan fingerprint density at radius 3 is 3.17 bits per heavy atom. The molecule has 0 aliphatic carbocycles. The Labute approximate surface area is 144 Å². The van der Waals surface area contributed by atoms with Crippen molar-refractivity contribution >= 4 is 23.6 Å². The fourth-order valence-electron chi connectivity index (χ4n) is 3.14. The molecule has 7 heteroatoms. The van der Waals surface area contributed by atoms with Crippen molar-refractivity contribution in [2.45, 2.75) is 32.4 Å². The second-order valence-electron chi connectivity index (χ2n) is 6.12. The summed E-state index contributed by atoms with van der Waals surface area (Å²) < 4.78 is 7.72. The van der Waals surface area contributed by atoms with Crippen LogP contribution in [0.5, 0.6) is 5.75 Å². The van der Waals surface area contributed by atoms with E-state index in [1.807, 2.05) is 19.1 Å². The number of nitrogens with zero attached hydrogens (tertiary/aromatic N) is 3. The quantitative estimate of drug-likeness (QED) is 0.906. The lowest BCUT2D eigenvalue weighted by Gasteiger charge is -2.26. The molecule has 6 nitrogen and oxygen atoms in total. The zero-order valence-corrected chi connectivity index (χ0v) is 14.0. The Morgan fingerprint density at radius 1 is 1.42 bits per heavy atom. The molecule has 0 bridgehead atoms. The minimum absolute atomic E-state index is 0.0707. The summed E-state index contributed by atoms with van der Waals surface area (Å²) in [4.78, 5) is 12.6. The molecule has 0 saturated heterocycles. The molecule has 124 valence electrons. The Bertz CT molecular complexity index is 843. The van der Waals surface area contributed by atoms with Gasteiger partial charge in [0, 0.05) is 29.6 Å². The van der Waals surface area contributed by atoms with Crippen molar-refractivity contribution in [3.63, 3.8) is 0 Å². The van der Waals surface area contributed by atoms with Crippen LogP contribution in [0, 0.1) is 6.92 Å². The molecule has 1 amide bonds. The van der Waals surface area contributed by atoms with Crippen molar-refractivity contribution in [2.75, 3.05) is 6.61 Å². The van der Waals surface area contributed by atoms with Gasteiger partial charge in [-0.05, 0) is 37.6 Å². The number of nitrogens with one attached hydrogen (secondary N) is 1. The minimum Gasteiger partial charge on any atom is -0.488 e. The molecular weight excluding hydrogens is 328 g/mol. The van der Waals surface area contributed by atoms with E-state index in [0.717, 1.165) is 35.8 Å². The average molecular weight is 345 g/mol.